The number of hydrogen-bond donors (Lipinski definition) is 1. The van der Waals surface area contributed by atoms with Gasteiger partial charge in [-0.1, -0.05) is 6.07 Å². The number of anilines is 1. The number of nitrogens with two attached hydrogens (primary N) is 1. The van der Waals surface area contributed by atoms with Gasteiger partial charge in [0.05, 0.1) is 18.8 Å². The van der Waals surface area contributed by atoms with Crippen molar-refractivity contribution < 1.29 is 17.9 Å². The highest BCUT2D eigenvalue weighted by atomic mass is 19.4. The summed E-state index contributed by atoms with van der Waals surface area (Å²) in [5, 5.41) is 0. The Morgan fingerprint density at radius 3 is 2.75 bits per heavy atom. The summed E-state index contributed by atoms with van der Waals surface area (Å²) in [6.07, 6.45) is -4.12. The summed E-state index contributed by atoms with van der Waals surface area (Å²) < 4.78 is 44.7. The van der Waals surface area contributed by atoms with Crippen molar-refractivity contribution in [3.05, 3.63) is 29.3 Å². The fourth-order valence-corrected chi connectivity index (χ4v) is 2.49. The Balaban J connectivity index is 2.36. The molecule has 1 heterocycles. The van der Waals surface area contributed by atoms with Gasteiger partial charge < -0.3 is 15.4 Å². The van der Waals surface area contributed by atoms with Crippen LogP contribution in [0.1, 0.15) is 18.1 Å². The second-order valence-electron chi connectivity index (χ2n) is 5.00. The van der Waals surface area contributed by atoms with Gasteiger partial charge in [-0.15, -0.1) is 0 Å². The van der Waals surface area contributed by atoms with Gasteiger partial charge in [-0.05, 0) is 37.6 Å². The molecule has 0 radical (unpaired) electrons. The largest absolute Gasteiger partial charge is 0.416 e. The van der Waals surface area contributed by atoms with Crippen LogP contribution in [0.25, 0.3) is 0 Å². The highest BCUT2D eigenvalue weighted by Crippen LogP contribution is 2.35. The number of rotatable bonds is 3. The van der Waals surface area contributed by atoms with Crippen LogP contribution < -0.4 is 10.6 Å². The zero-order valence-corrected chi connectivity index (χ0v) is 11.4. The lowest BCUT2D eigenvalue weighted by Crippen LogP contribution is -2.43. The summed E-state index contributed by atoms with van der Waals surface area (Å²) in [6.45, 7) is 3.83. The highest BCUT2D eigenvalue weighted by molar-refractivity contribution is 5.53. The van der Waals surface area contributed by atoms with Crippen LogP contribution in [-0.4, -0.2) is 32.3 Å². The van der Waals surface area contributed by atoms with Crippen molar-refractivity contribution in [3.8, 4) is 0 Å². The molecular weight excluding hydrogens is 269 g/mol. The van der Waals surface area contributed by atoms with Crippen molar-refractivity contribution in [2.24, 2.45) is 5.73 Å². The lowest BCUT2D eigenvalue weighted by atomic mass is 10.0. The van der Waals surface area contributed by atoms with Crippen LogP contribution in [-0.2, 0) is 17.3 Å². The minimum atomic E-state index is -4.35. The fourth-order valence-electron chi connectivity index (χ4n) is 2.49. The number of nitrogens with zero attached hydrogens (tertiary/aromatic N) is 1. The van der Waals surface area contributed by atoms with Gasteiger partial charge in [0.1, 0.15) is 0 Å². The summed E-state index contributed by atoms with van der Waals surface area (Å²) in [5.74, 6) is 0. The molecular formula is C14H19F3N2O. The molecule has 1 aromatic rings. The van der Waals surface area contributed by atoms with Crippen LogP contribution in [0.5, 0.6) is 0 Å². The minimum Gasteiger partial charge on any atom is -0.377 e. The second kappa shape index (κ2) is 6.01. The normalized spacial score (nSPS) is 20.2. The smallest absolute Gasteiger partial charge is 0.377 e. The average Bonchev–Trinajstić information content (AvgIpc) is 2.39. The summed E-state index contributed by atoms with van der Waals surface area (Å²) in [6, 6.07) is 4.58. The van der Waals surface area contributed by atoms with Gasteiger partial charge in [-0.3, -0.25) is 0 Å². The van der Waals surface area contributed by atoms with Crippen LogP contribution in [0.4, 0.5) is 18.9 Å². The standard InChI is InChI=1S/C14H19F3N2O/c1-10-9-20-7-6-19(10)12-3-2-11(4-5-18)13(8-12)14(15,16)17/h2-3,8,10H,4-7,9,18H2,1H3. The first kappa shape index (κ1) is 15.1. The number of halogens is 3. The van der Waals surface area contributed by atoms with E-state index in [-0.39, 0.29) is 24.6 Å². The second-order valence-corrected chi connectivity index (χ2v) is 5.00. The van der Waals surface area contributed by atoms with Crippen molar-refractivity contribution >= 4 is 5.69 Å². The van der Waals surface area contributed by atoms with Gasteiger partial charge in [0.15, 0.2) is 0 Å². The lowest BCUT2D eigenvalue weighted by Gasteiger charge is -2.35. The van der Waals surface area contributed by atoms with Crippen molar-refractivity contribution in [3.63, 3.8) is 0 Å². The highest BCUT2D eigenvalue weighted by Gasteiger charge is 2.34. The Morgan fingerprint density at radius 1 is 1.40 bits per heavy atom. The zero-order chi connectivity index (χ0) is 14.8. The van der Waals surface area contributed by atoms with Crippen LogP contribution in [0.15, 0.2) is 18.2 Å². The molecule has 20 heavy (non-hydrogen) atoms. The van der Waals surface area contributed by atoms with E-state index >= 15 is 0 Å². The maximum atomic E-state index is 13.1. The van der Waals surface area contributed by atoms with Crippen LogP contribution in [0.2, 0.25) is 0 Å². The summed E-state index contributed by atoms with van der Waals surface area (Å²) >= 11 is 0. The predicted molar refractivity (Wildman–Crippen MR) is 71.8 cm³/mol. The van der Waals surface area contributed by atoms with E-state index in [2.05, 4.69) is 0 Å². The van der Waals surface area contributed by atoms with E-state index in [0.29, 0.717) is 25.4 Å². The van der Waals surface area contributed by atoms with E-state index in [4.69, 9.17) is 10.5 Å². The van der Waals surface area contributed by atoms with Crippen LogP contribution in [0, 0.1) is 0 Å². The van der Waals surface area contributed by atoms with E-state index in [1.165, 1.54) is 12.1 Å². The molecule has 1 atom stereocenters. The quantitative estimate of drug-likeness (QED) is 0.928. The summed E-state index contributed by atoms with van der Waals surface area (Å²) in [5.41, 5.74) is 5.64. The number of hydrogen-bond acceptors (Lipinski definition) is 3. The first-order chi connectivity index (χ1) is 9.43. The Kier molecular flexibility index (Phi) is 4.55. The third-order valence-corrected chi connectivity index (χ3v) is 3.51. The molecule has 0 bridgehead atoms. The van der Waals surface area contributed by atoms with Crippen LogP contribution >= 0.6 is 0 Å². The van der Waals surface area contributed by atoms with Crippen molar-refractivity contribution in [1.82, 2.24) is 0 Å². The first-order valence-electron chi connectivity index (χ1n) is 6.68. The topological polar surface area (TPSA) is 38.5 Å². The van der Waals surface area contributed by atoms with Crippen molar-refractivity contribution in [1.29, 1.82) is 0 Å². The fraction of sp³-hybridized carbons (Fsp3) is 0.571. The van der Waals surface area contributed by atoms with E-state index < -0.39 is 11.7 Å². The molecule has 0 spiro atoms. The lowest BCUT2D eigenvalue weighted by molar-refractivity contribution is -0.138. The number of ether oxygens (including phenoxy) is 1. The Bertz CT molecular complexity index is 462. The molecule has 0 amide bonds. The van der Waals surface area contributed by atoms with E-state index in [1.54, 1.807) is 6.07 Å². The molecule has 1 saturated heterocycles. The number of morpholine rings is 1. The van der Waals surface area contributed by atoms with Gasteiger partial charge in [-0.25, -0.2) is 0 Å². The SMILES string of the molecule is CC1COCCN1c1ccc(CCN)c(C(F)(F)F)c1. The molecule has 0 aromatic heterocycles. The molecule has 3 nitrogen and oxygen atoms in total. The predicted octanol–water partition coefficient (Wildman–Crippen LogP) is 2.43. The summed E-state index contributed by atoms with van der Waals surface area (Å²) in [4.78, 5) is 1.95. The maximum absolute atomic E-state index is 13.1. The van der Waals surface area contributed by atoms with Gasteiger partial charge in [-0.2, -0.15) is 13.2 Å². The molecule has 1 aliphatic heterocycles. The van der Waals surface area contributed by atoms with E-state index in [9.17, 15) is 13.2 Å². The van der Waals surface area contributed by atoms with E-state index in [0.717, 1.165) is 0 Å². The van der Waals surface area contributed by atoms with Gasteiger partial charge >= 0.3 is 6.18 Å². The third-order valence-electron chi connectivity index (χ3n) is 3.51. The van der Waals surface area contributed by atoms with Gasteiger partial charge in [0.25, 0.3) is 0 Å². The molecule has 2 rings (SSSR count). The Labute approximate surface area is 116 Å². The third kappa shape index (κ3) is 3.24. The molecule has 1 unspecified atom stereocenters. The zero-order valence-electron chi connectivity index (χ0n) is 11.4. The molecule has 0 saturated carbocycles. The average molecular weight is 288 g/mol. The number of benzene rings is 1. The maximum Gasteiger partial charge on any atom is 0.416 e. The summed E-state index contributed by atoms with van der Waals surface area (Å²) in [7, 11) is 0. The van der Waals surface area contributed by atoms with Crippen LogP contribution in [0.3, 0.4) is 0 Å². The minimum absolute atomic E-state index is 0.0743. The van der Waals surface area contributed by atoms with E-state index in [1.807, 2.05) is 11.8 Å². The van der Waals surface area contributed by atoms with Gasteiger partial charge in [0.2, 0.25) is 0 Å². The Morgan fingerprint density at radius 2 is 2.15 bits per heavy atom. The van der Waals surface area contributed by atoms with Crippen molar-refractivity contribution in [2.45, 2.75) is 25.6 Å². The van der Waals surface area contributed by atoms with Gasteiger partial charge in [0, 0.05) is 18.3 Å². The number of alkyl halides is 3. The molecule has 112 valence electrons. The molecule has 1 aromatic carbocycles. The van der Waals surface area contributed by atoms with Crippen molar-refractivity contribution in [2.75, 3.05) is 31.2 Å². The monoisotopic (exact) mass is 288 g/mol. The molecule has 1 aliphatic rings. The molecule has 0 aliphatic carbocycles. The molecule has 6 heteroatoms. The molecule has 2 N–H and O–H groups in total. The first-order valence-corrected chi connectivity index (χ1v) is 6.68. The Hall–Kier alpha value is -1.27. The molecule has 1 fully saturated rings.